The molecule has 26 heavy (non-hydrogen) atoms. The molecule has 0 bridgehead atoms. The number of hydrogen-bond acceptors (Lipinski definition) is 4. The van der Waals surface area contributed by atoms with Gasteiger partial charge in [0.05, 0.1) is 12.2 Å². The van der Waals surface area contributed by atoms with Crippen molar-refractivity contribution in [1.82, 2.24) is 0 Å². The zero-order chi connectivity index (χ0) is 20.0. The van der Waals surface area contributed by atoms with Gasteiger partial charge in [-0.3, -0.25) is 9.59 Å². The van der Waals surface area contributed by atoms with E-state index in [0.717, 1.165) is 18.4 Å². The predicted molar refractivity (Wildman–Crippen MR) is 109 cm³/mol. The Morgan fingerprint density at radius 3 is 2.54 bits per heavy atom. The summed E-state index contributed by atoms with van der Waals surface area (Å²) < 4.78 is 11.4. The largest absolute Gasteiger partial charge is 0.463 e. The number of hydrogen-bond donors (Lipinski definition) is 0. The van der Waals surface area contributed by atoms with Crippen LogP contribution in [0.15, 0.2) is 23.8 Å². The summed E-state index contributed by atoms with van der Waals surface area (Å²) in [6.07, 6.45) is 9.08. The molecule has 0 aliphatic heterocycles. The van der Waals surface area contributed by atoms with Crippen LogP contribution in [0, 0.1) is 0 Å². The van der Waals surface area contributed by atoms with Crippen LogP contribution >= 0.6 is 0 Å². The van der Waals surface area contributed by atoms with Crippen LogP contribution in [0.25, 0.3) is 0 Å². The Morgan fingerprint density at radius 2 is 1.96 bits per heavy atom. The van der Waals surface area contributed by atoms with E-state index in [0.29, 0.717) is 19.3 Å². The van der Waals surface area contributed by atoms with Crippen molar-refractivity contribution in [2.45, 2.75) is 97.1 Å². The molecule has 0 aromatic rings. The van der Waals surface area contributed by atoms with Crippen molar-refractivity contribution >= 4 is 20.1 Å². The number of unbranched alkanes of at least 4 members (excludes halogenated alkanes) is 1. The molecule has 148 valence electrons. The maximum atomic E-state index is 12.2. The molecule has 1 rings (SSSR count). The standard InChI is InChI=1S/C21H36O4Si/c1-16(2)24-20(23)13-11-9-8-10-12-17-14-18(15-19(17)22)25-26(6,7)21(3,4)5/h8,10,14,16,18H,9,11-13,15H2,1-7H3/b10-8-. The van der Waals surface area contributed by atoms with E-state index in [1.165, 1.54) is 0 Å². The van der Waals surface area contributed by atoms with E-state index in [4.69, 9.17) is 9.16 Å². The van der Waals surface area contributed by atoms with Crippen molar-refractivity contribution in [2.75, 3.05) is 0 Å². The fourth-order valence-corrected chi connectivity index (χ4v) is 3.78. The fraction of sp³-hybridized carbons (Fsp3) is 0.714. The Bertz CT molecular complexity index is 553. The monoisotopic (exact) mass is 380 g/mol. The van der Waals surface area contributed by atoms with E-state index in [1.54, 1.807) is 0 Å². The van der Waals surface area contributed by atoms with Crippen LogP contribution in [0.2, 0.25) is 18.1 Å². The average molecular weight is 381 g/mol. The van der Waals surface area contributed by atoms with E-state index in [1.807, 2.05) is 32.1 Å². The Labute approximate surface area is 160 Å². The topological polar surface area (TPSA) is 52.6 Å². The van der Waals surface area contributed by atoms with Crippen LogP contribution in [0.5, 0.6) is 0 Å². The zero-order valence-corrected chi connectivity index (χ0v) is 18.6. The van der Waals surface area contributed by atoms with E-state index in [-0.39, 0.29) is 29.0 Å². The van der Waals surface area contributed by atoms with Crippen LogP contribution in [0.1, 0.15) is 66.7 Å². The van der Waals surface area contributed by atoms with Crippen LogP contribution in [-0.2, 0) is 18.8 Å². The van der Waals surface area contributed by atoms with Crippen LogP contribution in [0.3, 0.4) is 0 Å². The maximum Gasteiger partial charge on any atom is 0.306 e. The second kappa shape index (κ2) is 9.65. The van der Waals surface area contributed by atoms with Crippen molar-refractivity contribution < 1.29 is 18.8 Å². The van der Waals surface area contributed by atoms with E-state index in [9.17, 15) is 9.59 Å². The Balaban J connectivity index is 2.40. The summed E-state index contributed by atoms with van der Waals surface area (Å²) in [6, 6.07) is 0. The second-order valence-corrected chi connectivity index (χ2v) is 13.6. The lowest BCUT2D eigenvalue weighted by molar-refractivity contribution is -0.147. The van der Waals surface area contributed by atoms with Crippen molar-refractivity contribution in [3.8, 4) is 0 Å². The number of Topliss-reactive ketones (excluding diaryl/α,β-unsaturated/α-hetero) is 1. The van der Waals surface area contributed by atoms with Gasteiger partial charge in [0.1, 0.15) is 0 Å². The van der Waals surface area contributed by atoms with Crippen LogP contribution < -0.4 is 0 Å². The smallest absolute Gasteiger partial charge is 0.306 e. The van der Waals surface area contributed by atoms with Gasteiger partial charge in [0, 0.05) is 12.8 Å². The van der Waals surface area contributed by atoms with Gasteiger partial charge in [0.15, 0.2) is 14.1 Å². The fourth-order valence-electron chi connectivity index (χ4n) is 2.52. The molecule has 0 N–H and O–H groups in total. The average Bonchev–Trinajstić information content (AvgIpc) is 2.79. The van der Waals surface area contributed by atoms with E-state index >= 15 is 0 Å². The molecule has 0 saturated heterocycles. The minimum absolute atomic E-state index is 0.0557. The molecule has 0 amide bonds. The number of carbonyl (C=O) groups excluding carboxylic acids is 2. The summed E-state index contributed by atoms with van der Waals surface area (Å²) in [7, 11) is -1.86. The normalized spacial score (nSPS) is 18.7. The molecule has 1 unspecified atom stereocenters. The summed E-state index contributed by atoms with van der Waals surface area (Å²) in [5, 5.41) is 0.142. The molecule has 1 aliphatic carbocycles. The lowest BCUT2D eigenvalue weighted by Crippen LogP contribution is -2.43. The molecule has 5 heteroatoms. The van der Waals surface area contributed by atoms with Crippen molar-refractivity contribution in [3.63, 3.8) is 0 Å². The third kappa shape index (κ3) is 7.58. The summed E-state index contributed by atoms with van der Waals surface area (Å²) >= 11 is 0. The maximum absolute atomic E-state index is 12.2. The lowest BCUT2D eigenvalue weighted by Gasteiger charge is -2.37. The van der Waals surface area contributed by atoms with Gasteiger partial charge in [0.2, 0.25) is 0 Å². The van der Waals surface area contributed by atoms with E-state index in [2.05, 4.69) is 33.9 Å². The first-order valence-electron chi connectivity index (χ1n) is 9.68. The first-order valence-corrected chi connectivity index (χ1v) is 12.6. The Morgan fingerprint density at radius 1 is 1.31 bits per heavy atom. The van der Waals surface area contributed by atoms with Gasteiger partial charge in [-0.1, -0.05) is 32.9 Å². The van der Waals surface area contributed by atoms with Crippen LogP contribution in [0.4, 0.5) is 0 Å². The van der Waals surface area contributed by atoms with Crippen molar-refractivity contribution in [2.24, 2.45) is 0 Å². The number of ether oxygens (including phenoxy) is 1. The van der Waals surface area contributed by atoms with Crippen molar-refractivity contribution in [1.29, 1.82) is 0 Å². The van der Waals surface area contributed by atoms with Gasteiger partial charge >= 0.3 is 5.97 Å². The highest BCUT2D eigenvalue weighted by atomic mass is 28.4. The highest BCUT2D eigenvalue weighted by Gasteiger charge is 2.40. The van der Waals surface area contributed by atoms with Crippen molar-refractivity contribution in [3.05, 3.63) is 23.8 Å². The zero-order valence-electron chi connectivity index (χ0n) is 17.6. The number of allylic oxidation sites excluding steroid dienone is 3. The number of rotatable bonds is 9. The molecule has 0 radical (unpaired) electrons. The molecule has 1 aliphatic rings. The first kappa shape index (κ1) is 22.8. The minimum atomic E-state index is -1.86. The molecular weight excluding hydrogens is 344 g/mol. The Hall–Kier alpha value is -1.20. The summed E-state index contributed by atoms with van der Waals surface area (Å²) in [6.45, 7) is 14.8. The Kier molecular flexibility index (Phi) is 8.48. The molecule has 0 fully saturated rings. The third-order valence-corrected chi connectivity index (χ3v) is 9.51. The molecular formula is C21H36O4Si. The minimum Gasteiger partial charge on any atom is -0.463 e. The SMILES string of the molecule is CC(C)OC(=O)CCC/C=C\CC1=CC(O[Si](C)(C)C(C)(C)C)CC1=O. The third-order valence-electron chi connectivity index (χ3n) is 5.01. The van der Waals surface area contributed by atoms with Gasteiger partial charge in [-0.25, -0.2) is 0 Å². The summed E-state index contributed by atoms with van der Waals surface area (Å²) in [4.78, 5) is 23.7. The van der Waals surface area contributed by atoms with Gasteiger partial charge in [-0.05, 0) is 62.9 Å². The van der Waals surface area contributed by atoms with Gasteiger partial charge < -0.3 is 9.16 Å². The highest BCUT2D eigenvalue weighted by Crippen LogP contribution is 2.38. The van der Waals surface area contributed by atoms with Crippen LogP contribution in [-0.4, -0.2) is 32.3 Å². The summed E-state index contributed by atoms with van der Waals surface area (Å²) in [5.74, 6) is 0.0477. The molecule has 0 aromatic heterocycles. The lowest BCUT2D eigenvalue weighted by atomic mass is 10.1. The molecule has 1 atom stereocenters. The molecule has 0 spiro atoms. The quantitative estimate of drug-likeness (QED) is 0.234. The van der Waals surface area contributed by atoms with Gasteiger partial charge in [0.25, 0.3) is 0 Å². The number of esters is 1. The first-order chi connectivity index (χ1) is 11.9. The predicted octanol–water partition coefficient (Wildman–Crippen LogP) is 5.34. The number of carbonyl (C=O) groups is 2. The number of ketones is 1. The highest BCUT2D eigenvalue weighted by molar-refractivity contribution is 6.74. The molecule has 0 heterocycles. The van der Waals surface area contributed by atoms with Gasteiger partial charge in [-0.2, -0.15) is 0 Å². The van der Waals surface area contributed by atoms with Gasteiger partial charge in [-0.15, -0.1) is 0 Å². The molecule has 0 aromatic carbocycles. The second-order valence-electron chi connectivity index (χ2n) is 8.84. The molecule has 0 saturated carbocycles. The van der Waals surface area contributed by atoms with E-state index < -0.39 is 8.32 Å². The molecule has 4 nitrogen and oxygen atoms in total. The summed E-state index contributed by atoms with van der Waals surface area (Å²) in [5.41, 5.74) is 0.851.